The summed E-state index contributed by atoms with van der Waals surface area (Å²) >= 11 is 0. The minimum Gasteiger partial charge on any atom is -0.370 e. The summed E-state index contributed by atoms with van der Waals surface area (Å²) in [5.41, 5.74) is 0.749. The molecule has 0 amide bonds. The van der Waals surface area contributed by atoms with Crippen LogP contribution in [0.5, 0.6) is 0 Å². The largest absolute Gasteiger partial charge is 0.410 e. The molecule has 2 heterocycles. The number of halogens is 3. The molecule has 78 valence electrons. The van der Waals surface area contributed by atoms with Crippen LogP contribution >= 0.6 is 0 Å². The van der Waals surface area contributed by atoms with Crippen molar-refractivity contribution >= 4 is 5.82 Å². The van der Waals surface area contributed by atoms with E-state index in [1.165, 1.54) is 6.20 Å². The lowest BCUT2D eigenvalue weighted by atomic mass is 10.1. The summed E-state index contributed by atoms with van der Waals surface area (Å²) in [6.45, 7) is 2.08. The zero-order valence-electron chi connectivity index (χ0n) is 7.60. The van der Waals surface area contributed by atoms with Gasteiger partial charge in [-0.05, 0) is 13.3 Å². The summed E-state index contributed by atoms with van der Waals surface area (Å²) in [5, 5.41) is 6.65. The molecule has 0 saturated heterocycles. The maximum Gasteiger partial charge on any atom is 0.410 e. The van der Waals surface area contributed by atoms with Crippen molar-refractivity contribution in [1.82, 2.24) is 9.78 Å². The zero-order valence-corrected chi connectivity index (χ0v) is 7.60. The Bertz CT molecular complexity index is 342. The Balaban J connectivity index is 2.41. The minimum absolute atomic E-state index is 0.0393. The van der Waals surface area contributed by atoms with Gasteiger partial charge in [0.2, 0.25) is 0 Å². The molecule has 0 aromatic carbocycles. The van der Waals surface area contributed by atoms with Crippen LogP contribution < -0.4 is 5.32 Å². The first-order chi connectivity index (χ1) is 6.50. The smallest absolute Gasteiger partial charge is 0.370 e. The van der Waals surface area contributed by atoms with Crippen LogP contribution in [0.3, 0.4) is 0 Å². The Morgan fingerprint density at radius 2 is 2.29 bits per heavy atom. The first-order valence-electron chi connectivity index (χ1n) is 4.35. The monoisotopic (exact) mass is 205 g/mol. The fraction of sp³-hybridized carbons (Fsp3) is 0.625. The third-order valence-corrected chi connectivity index (χ3v) is 2.36. The summed E-state index contributed by atoms with van der Waals surface area (Å²) in [6.07, 6.45) is -2.72. The van der Waals surface area contributed by atoms with E-state index in [9.17, 15) is 13.2 Å². The quantitative estimate of drug-likeness (QED) is 0.703. The van der Waals surface area contributed by atoms with Crippen molar-refractivity contribution in [3.8, 4) is 0 Å². The highest BCUT2D eigenvalue weighted by molar-refractivity contribution is 5.44. The standard InChI is InChI=1S/C8H10F3N3/c1-5-4-13-14-6(8(9,10)11)2-3-12-7(5)14/h4,6,12H,2-3H2,1H3. The predicted molar refractivity (Wildman–Crippen MR) is 45.2 cm³/mol. The van der Waals surface area contributed by atoms with E-state index >= 15 is 0 Å². The van der Waals surface area contributed by atoms with Crippen molar-refractivity contribution in [3.05, 3.63) is 11.8 Å². The predicted octanol–water partition coefficient (Wildman–Crippen LogP) is 2.11. The molecule has 0 saturated carbocycles. The lowest BCUT2D eigenvalue weighted by Crippen LogP contribution is -2.34. The van der Waals surface area contributed by atoms with Crippen molar-refractivity contribution in [2.75, 3.05) is 11.9 Å². The minimum atomic E-state index is -4.21. The molecule has 1 aliphatic heterocycles. The van der Waals surface area contributed by atoms with Gasteiger partial charge in [-0.15, -0.1) is 0 Å². The number of anilines is 1. The van der Waals surface area contributed by atoms with Gasteiger partial charge in [0.15, 0.2) is 6.04 Å². The number of hydrogen-bond acceptors (Lipinski definition) is 2. The molecule has 1 aromatic rings. The lowest BCUT2D eigenvalue weighted by Gasteiger charge is -2.27. The van der Waals surface area contributed by atoms with Crippen molar-refractivity contribution in [1.29, 1.82) is 0 Å². The highest BCUT2D eigenvalue weighted by Crippen LogP contribution is 2.37. The fourth-order valence-corrected chi connectivity index (χ4v) is 1.66. The van der Waals surface area contributed by atoms with Crippen LogP contribution in [0.1, 0.15) is 18.0 Å². The Kier molecular flexibility index (Phi) is 1.94. The van der Waals surface area contributed by atoms with Crippen LogP contribution in [0.2, 0.25) is 0 Å². The van der Waals surface area contributed by atoms with E-state index in [4.69, 9.17) is 0 Å². The van der Waals surface area contributed by atoms with Crippen molar-refractivity contribution in [2.45, 2.75) is 25.6 Å². The number of fused-ring (bicyclic) bond motifs is 1. The molecule has 1 unspecified atom stereocenters. The molecule has 0 spiro atoms. The number of alkyl halides is 3. The number of nitrogens with zero attached hydrogens (tertiary/aromatic N) is 2. The number of hydrogen-bond donors (Lipinski definition) is 1. The summed E-state index contributed by atoms with van der Waals surface area (Å²) in [5.74, 6) is 0.485. The second kappa shape index (κ2) is 2.90. The Hall–Kier alpha value is -1.20. The molecular formula is C8H10F3N3. The SMILES string of the molecule is Cc1cnn2c1NCCC2C(F)(F)F. The van der Waals surface area contributed by atoms with Gasteiger partial charge in [0.25, 0.3) is 0 Å². The van der Waals surface area contributed by atoms with Gasteiger partial charge in [-0.3, -0.25) is 0 Å². The summed E-state index contributed by atoms with van der Waals surface area (Å²) < 4.78 is 38.6. The number of rotatable bonds is 0. The van der Waals surface area contributed by atoms with E-state index in [2.05, 4.69) is 10.4 Å². The van der Waals surface area contributed by atoms with E-state index in [1.807, 2.05) is 0 Å². The summed E-state index contributed by atoms with van der Waals surface area (Å²) in [7, 11) is 0. The maximum absolute atomic E-state index is 12.5. The third-order valence-electron chi connectivity index (χ3n) is 2.36. The van der Waals surface area contributed by atoms with E-state index in [1.54, 1.807) is 6.92 Å². The highest BCUT2D eigenvalue weighted by atomic mass is 19.4. The van der Waals surface area contributed by atoms with E-state index in [0.29, 0.717) is 12.4 Å². The molecule has 0 fully saturated rings. The Morgan fingerprint density at radius 3 is 2.93 bits per heavy atom. The van der Waals surface area contributed by atoms with Crippen molar-refractivity contribution in [3.63, 3.8) is 0 Å². The molecule has 0 radical (unpaired) electrons. The first-order valence-corrected chi connectivity index (χ1v) is 4.35. The zero-order chi connectivity index (χ0) is 10.3. The molecule has 6 heteroatoms. The topological polar surface area (TPSA) is 29.9 Å². The lowest BCUT2D eigenvalue weighted by molar-refractivity contribution is -0.171. The van der Waals surface area contributed by atoms with Crippen LogP contribution in [0, 0.1) is 6.92 Å². The molecule has 1 aliphatic rings. The van der Waals surface area contributed by atoms with Gasteiger partial charge >= 0.3 is 6.18 Å². The van der Waals surface area contributed by atoms with Gasteiger partial charge in [0, 0.05) is 12.1 Å². The molecule has 2 rings (SSSR count). The second-order valence-electron chi connectivity index (χ2n) is 3.39. The number of nitrogens with one attached hydrogen (secondary N) is 1. The third kappa shape index (κ3) is 1.34. The maximum atomic E-state index is 12.5. The summed E-state index contributed by atoms with van der Waals surface area (Å²) in [6, 6.07) is -1.48. The normalized spacial score (nSPS) is 21.6. The average molecular weight is 205 g/mol. The van der Waals surface area contributed by atoms with Crippen LogP contribution in [-0.2, 0) is 0 Å². The molecule has 3 nitrogen and oxygen atoms in total. The van der Waals surface area contributed by atoms with E-state index in [-0.39, 0.29) is 6.42 Å². The molecule has 1 N–H and O–H groups in total. The molecule has 0 bridgehead atoms. The van der Waals surface area contributed by atoms with Crippen LogP contribution in [0.15, 0.2) is 6.20 Å². The van der Waals surface area contributed by atoms with Gasteiger partial charge in [0.1, 0.15) is 5.82 Å². The van der Waals surface area contributed by atoms with E-state index < -0.39 is 12.2 Å². The number of aromatic nitrogens is 2. The van der Waals surface area contributed by atoms with Crippen LogP contribution in [0.4, 0.5) is 19.0 Å². The van der Waals surface area contributed by atoms with Gasteiger partial charge in [-0.25, -0.2) is 4.68 Å². The highest BCUT2D eigenvalue weighted by Gasteiger charge is 2.43. The number of aryl methyl sites for hydroxylation is 1. The molecule has 1 aromatic heterocycles. The summed E-state index contributed by atoms with van der Waals surface area (Å²) in [4.78, 5) is 0. The Labute approximate surface area is 78.9 Å². The van der Waals surface area contributed by atoms with Crippen molar-refractivity contribution in [2.24, 2.45) is 0 Å². The van der Waals surface area contributed by atoms with Crippen LogP contribution in [0.25, 0.3) is 0 Å². The molecule has 1 atom stereocenters. The first kappa shape index (κ1) is 9.36. The second-order valence-corrected chi connectivity index (χ2v) is 3.39. The molecule has 14 heavy (non-hydrogen) atoms. The van der Waals surface area contributed by atoms with Gasteiger partial charge in [-0.2, -0.15) is 18.3 Å². The van der Waals surface area contributed by atoms with E-state index in [0.717, 1.165) is 10.2 Å². The van der Waals surface area contributed by atoms with Crippen molar-refractivity contribution < 1.29 is 13.2 Å². The van der Waals surface area contributed by atoms with Gasteiger partial charge in [0.05, 0.1) is 6.20 Å². The molecule has 0 aliphatic carbocycles. The van der Waals surface area contributed by atoms with Crippen LogP contribution in [-0.4, -0.2) is 22.5 Å². The average Bonchev–Trinajstić information content (AvgIpc) is 2.46. The Morgan fingerprint density at radius 1 is 1.57 bits per heavy atom. The van der Waals surface area contributed by atoms with Gasteiger partial charge in [-0.1, -0.05) is 0 Å². The fourth-order valence-electron chi connectivity index (χ4n) is 1.66. The molecular weight excluding hydrogens is 195 g/mol. The van der Waals surface area contributed by atoms with Gasteiger partial charge < -0.3 is 5.32 Å².